The number of fused-ring (bicyclic) bond motifs is 1. The highest BCUT2D eigenvalue weighted by Crippen LogP contribution is 2.34. The average molecular weight is 439 g/mol. The molecule has 8 nitrogen and oxygen atoms in total. The van der Waals surface area contributed by atoms with Crippen molar-refractivity contribution in [2.45, 2.75) is 50.8 Å². The van der Waals surface area contributed by atoms with E-state index >= 15 is 0 Å². The molecule has 0 spiro atoms. The van der Waals surface area contributed by atoms with Gasteiger partial charge in [0.25, 0.3) is 0 Å². The Morgan fingerprint density at radius 1 is 1.40 bits per heavy atom. The van der Waals surface area contributed by atoms with Crippen molar-refractivity contribution in [1.82, 2.24) is 9.21 Å². The smallest absolute Gasteiger partial charge is 0.247 e. The standard InChI is InChI=1S/C21H30N2O6S/c1-14-11-23(15(2)13-24)30(27,28)21-9-8-18(7-6-16(3)25)10-19(21)29-20(14)12-22(5)17(4)26/h8-10,14-16,20,24-25H,11-13H2,1-5H3/t14-,15+,16-,20+/m1/s1. The topological polar surface area (TPSA) is 107 Å². The molecule has 1 aliphatic rings. The van der Waals surface area contributed by atoms with E-state index in [1.165, 1.54) is 35.2 Å². The van der Waals surface area contributed by atoms with Crippen LogP contribution in [-0.2, 0) is 14.8 Å². The first-order valence-corrected chi connectivity index (χ1v) is 11.3. The van der Waals surface area contributed by atoms with Gasteiger partial charge in [-0.05, 0) is 32.0 Å². The van der Waals surface area contributed by atoms with Gasteiger partial charge < -0.3 is 19.8 Å². The van der Waals surface area contributed by atoms with E-state index in [4.69, 9.17) is 4.74 Å². The number of hydrogen-bond donors (Lipinski definition) is 2. The van der Waals surface area contributed by atoms with Crippen LogP contribution in [0, 0.1) is 17.8 Å². The van der Waals surface area contributed by atoms with E-state index < -0.39 is 28.3 Å². The first kappa shape index (κ1) is 24.2. The van der Waals surface area contributed by atoms with Crippen LogP contribution in [0.15, 0.2) is 23.1 Å². The highest BCUT2D eigenvalue weighted by atomic mass is 32.2. The Kier molecular flexibility index (Phi) is 7.88. The van der Waals surface area contributed by atoms with Gasteiger partial charge in [0.05, 0.1) is 13.2 Å². The van der Waals surface area contributed by atoms with E-state index in [-0.39, 0.29) is 42.2 Å². The summed E-state index contributed by atoms with van der Waals surface area (Å²) in [5.74, 6) is 5.17. The Balaban J connectivity index is 2.60. The summed E-state index contributed by atoms with van der Waals surface area (Å²) in [6.45, 7) is 6.59. The molecule has 0 unspecified atom stereocenters. The average Bonchev–Trinajstić information content (AvgIpc) is 2.68. The second kappa shape index (κ2) is 9.79. The summed E-state index contributed by atoms with van der Waals surface area (Å²) in [7, 11) is -2.27. The van der Waals surface area contributed by atoms with Crippen molar-refractivity contribution in [2.24, 2.45) is 5.92 Å². The minimum Gasteiger partial charge on any atom is -0.487 e. The fraction of sp³-hybridized carbons (Fsp3) is 0.571. The summed E-state index contributed by atoms with van der Waals surface area (Å²) >= 11 is 0. The lowest BCUT2D eigenvalue weighted by molar-refractivity contribution is -0.129. The number of hydrogen-bond acceptors (Lipinski definition) is 6. The number of benzene rings is 1. The van der Waals surface area contributed by atoms with Gasteiger partial charge in [-0.1, -0.05) is 18.8 Å². The zero-order chi connectivity index (χ0) is 22.6. The molecular formula is C21H30N2O6S. The number of nitrogens with zero attached hydrogens (tertiary/aromatic N) is 2. The molecule has 0 aromatic heterocycles. The van der Waals surface area contributed by atoms with Crippen LogP contribution in [0.5, 0.6) is 5.75 Å². The van der Waals surface area contributed by atoms with Crippen molar-refractivity contribution in [2.75, 3.05) is 26.7 Å². The van der Waals surface area contributed by atoms with E-state index in [0.29, 0.717) is 5.56 Å². The third-order valence-corrected chi connectivity index (χ3v) is 7.10. The minimum atomic E-state index is -3.93. The summed E-state index contributed by atoms with van der Waals surface area (Å²) in [4.78, 5) is 13.2. The minimum absolute atomic E-state index is 0.0206. The van der Waals surface area contributed by atoms with Gasteiger partial charge in [-0.15, -0.1) is 0 Å². The number of likely N-dealkylation sites (N-methyl/N-ethyl adjacent to an activating group) is 1. The van der Waals surface area contributed by atoms with Gasteiger partial charge in [0.2, 0.25) is 15.9 Å². The SMILES string of the molecule is CC(=O)N(C)C[C@@H]1Oc2cc(C#C[C@@H](C)O)ccc2S(=O)(=O)N([C@@H](C)CO)C[C@H]1C. The Bertz CT molecular complexity index is 935. The molecule has 0 bridgehead atoms. The summed E-state index contributed by atoms with van der Waals surface area (Å²) in [5.41, 5.74) is 0.499. The van der Waals surface area contributed by atoms with Crippen molar-refractivity contribution in [3.05, 3.63) is 23.8 Å². The van der Waals surface area contributed by atoms with Gasteiger partial charge in [0, 0.05) is 38.0 Å². The first-order chi connectivity index (χ1) is 14.0. The van der Waals surface area contributed by atoms with Gasteiger partial charge in [0.1, 0.15) is 22.9 Å². The monoisotopic (exact) mass is 438 g/mol. The number of carbonyl (C=O) groups excluding carboxylic acids is 1. The first-order valence-electron chi connectivity index (χ1n) is 9.82. The lowest BCUT2D eigenvalue weighted by Gasteiger charge is -2.37. The van der Waals surface area contributed by atoms with Gasteiger partial charge in [-0.3, -0.25) is 4.79 Å². The lowest BCUT2D eigenvalue weighted by Crippen LogP contribution is -2.50. The van der Waals surface area contributed by atoms with Crippen LogP contribution >= 0.6 is 0 Å². The van der Waals surface area contributed by atoms with Gasteiger partial charge in [-0.25, -0.2) is 8.42 Å². The third kappa shape index (κ3) is 5.52. The zero-order valence-corrected chi connectivity index (χ0v) is 18.8. The molecule has 1 aliphatic heterocycles. The maximum Gasteiger partial charge on any atom is 0.247 e. The molecule has 0 radical (unpaired) electrons. The molecule has 1 aromatic carbocycles. The Morgan fingerprint density at radius 3 is 2.63 bits per heavy atom. The zero-order valence-electron chi connectivity index (χ0n) is 18.0. The van der Waals surface area contributed by atoms with Crippen molar-refractivity contribution in [3.8, 4) is 17.6 Å². The molecule has 1 amide bonds. The summed E-state index contributed by atoms with van der Waals surface area (Å²) in [5, 5.41) is 19.0. The molecular weight excluding hydrogens is 408 g/mol. The second-order valence-corrected chi connectivity index (χ2v) is 9.61. The predicted molar refractivity (Wildman–Crippen MR) is 112 cm³/mol. The van der Waals surface area contributed by atoms with Crippen LogP contribution in [0.4, 0.5) is 0 Å². The van der Waals surface area contributed by atoms with E-state index in [1.807, 2.05) is 6.92 Å². The van der Waals surface area contributed by atoms with Gasteiger partial charge in [0.15, 0.2) is 0 Å². The van der Waals surface area contributed by atoms with Crippen molar-refractivity contribution in [3.63, 3.8) is 0 Å². The van der Waals surface area contributed by atoms with Crippen LogP contribution in [0.1, 0.15) is 33.3 Å². The highest BCUT2D eigenvalue weighted by molar-refractivity contribution is 7.89. The van der Waals surface area contributed by atoms with Crippen LogP contribution in [0.25, 0.3) is 0 Å². The Morgan fingerprint density at radius 2 is 2.07 bits per heavy atom. The predicted octanol–water partition coefficient (Wildman–Crippen LogP) is 0.666. The fourth-order valence-corrected chi connectivity index (χ4v) is 4.93. The van der Waals surface area contributed by atoms with E-state index in [9.17, 15) is 23.4 Å². The van der Waals surface area contributed by atoms with E-state index in [2.05, 4.69) is 11.8 Å². The van der Waals surface area contributed by atoms with Crippen LogP contribution in [0.3, 0.4) is 0 Å². The molecule has 1 heterocycles. The summed E-state index contributed by atoms with van der Waals surface area (Å²) in [6, 6.07) is 3.89. The maximum absolute atomic E-state index is 13.3. The van der Waals surface area contributed by atoms with E-state index in [0.717, 1.165) is 0 Å². The van der Waals surface area contributed by atoms with E-state index in [1.54, 1.807) is 20.0 Å². The fourth-order valence-electron chi connectivity index (χ4n) is 3.11. The molecule has 30 heavy (non-hydrogen) atoms. The molecule has 1 aromatic rings. The number of amides is 1. The van der Waals surface area contributed by atoms with Crippen molar-refractivity contribution in [1.29, 1.82) is 0 Å². The molecule has 9 heteroatoms. The van der Waals surface area contributed by atoms with Gasteiger partial charge in [-0.2, -0.15) is 4.31 Å². The highest BCUT2D eigenvalue weighted by Gasteiger charge is 2.38. The molecule has 0 fully saturated rings. The van der Waals surface area contributed by atoms with Crippen LogP contribution in [-0.4, -0.2) is 78.7 Å². The van der Waals surface area contributed by atoms with Crippen LogP contribution in [0.2, 0.25) is 0 Å². The molecule has 166 valence electrons. The van der Waals surface area contributed by atoms with Crippen molar-refractivity contribution >= 4 is 15.9 Å². The number of aliphatic hydroxyl groups is 2. The lowest BCUT2D eigenvalue weighted by atomic mass is 10.0. The number of rotatable bonds is 4. The molecule has 2 N–H and O–H groups in total. The van der Waals surface area contributed by atoms with Crippen LogP contribution < -0.4 is 4.74 Å². The normalized spacial score (nSPS) is 22.9. The maximum atomic E-state index is 13.3. The third-order valence-electron chi connectivity index (χ3n) is 5.08. The second-order valence-electron chi connectivity index (χ2n) is 7.75. The summed E-state index contributed by atoms with van der Waals surface area (Å²) < 4.78 is 34.1. The molecule has 0 saturated heterocycles. The molecule has 0 saturated carbocycles. The largest absolute Gasteiger partial charge is 0.487 e. The Labute approximate surface area is 178 Å². The number of sulfonamides is 1. The Hall–Kier alpha value is -2.12. The summed E-state index contributed by atoms with van der Waals surface area (Å²) in [6.07, 6.45) is -1.30. The molecule has 4 atom stereocenters. The quantitative estimate of drug-likeness (QED) is 0.669. The number of ether oxygens (including phenoxy) is 1. The molecule has 0 aliphatic carbocycles. The number of carbonyl (C=O) groups is 1. The van der Waals surface area contributed by atoms with Crippen molar-refractivity contribution < 1.29 is 28.2 Å². The molecule has 2 rings (SSSR count). The number of aliphatic hydroxyl groups excluding tert-OH is 2. The van der Waals surface area contributed by atoms with Gasteiger partial charge >= 0.3 is 0 Å².